The first kappa shape index (κ1) is 39.1. The maximum absolute atomic E-state index is 14.8. The largest absolute Gasteiger partial charge is 0.469 e. The summed E-state index contributed by atoms with van der Waals surface area (Å²) in [7, 11) is 0. The van der Waals surface area contributed by atoms with Crippen LogP contribution in [0.25, 0.3) is 11.2 Å². The van der Waals surface area contributed by atoms with Crippen LogP contribution in [0.3, 0.4) is 0 Å². The van der Waals surface area contributed by atoms with Gasteiger partial charge in [-0.2, -0.15) is 4.73 Å². The summed E-state index contributed by atoms with van der Waals surface area (Å²) in [6.07, 6.45) is -4.52. The van der Waals surface area contributed by atoms with Gasteiger partial charge in [-0.1, -0.05) is 152 Å². The summed E-state index contributed by atoms with van der Waals surface area (Å²) < 4.78 is 27.5. The molecule has 306 valence electrons. The van der Waals surface area contributed by atoms with E-state index < -0.39 is 54.3 Å². The summed E-state index contributed by atoms with van der Waals surface area (Å²) in [5, 5.41) is 32.7. The van der Waals surface area contributed by atoms with Gasteiger partial charge in [-0.05, 0) is 27.8 Å². The second-order valence-electron chi connectivity index (χ2n) is 14.5. The third-order valence-electron chi connectivity index (χ3n) is 10.6. The zero-order valence-electron chi connectivity index (χ0n) is 32.4. The van der Waals surface area contributed by atoms with Gasteiger partial charge in [-0.15, -0.1) is 0 Å². The fourth-order valence-corrected chi connectivity index (χ4v) is 7.52. The summed E-state index contributed by atoms with van der Waals surface area (Å²) in [5.41, 5.74) is 1.08. The highest BCUT2D eigenvalue weighted by atomic mass is 16.7. The number of aliphatic hydroxyl groups is 2. The van der Waals surface area contributed by atoms with E-state index in [-0.39, 0.29) is 29.0 Å². The number of aliphatic hydroxyl groups excluding tert-OH is 2. The predicted molar refractivity (Wildman–Crippen MR) is 218 cm³/mol. The van der Waals surface area contributed by atoms with Gasteiger partial charge in [0.1, 0.15) is 37.2 Å². The average Bonchev–Trinajstić information content (AvgIpc) is 4.01. The van der Waals surface area contributed by atoms with E-state index in [1.54, 1.807) is 97.1 Å². The first-order valence-corrected chi connectivity index (χ1v) is 19.5. The van der Waals surface area contributed by atoms with Crippen LogP contribution in [0.4, 0.5) is 0 Å². The summed E-state index contributed by atoms with van der Waals surface area (Å²) in [6.45, 7) is 0.184. The molecule has 7 aromatic rings. The standard InChI is InChI=1S/C47H39N5O9/c48-42-36-43(50-29-52(42)57-27-30-16-6-1-7-17-30)51(28-49-36)44-37(53)40-35(58-44)26-47(61-40,46(56)60-39(33-22-12-4-13-23-33)34-24-14-5-15-25-34)41(54)45(55)59-38(31-18-8-2-9-19-31)32-20-10-3-11-21-32/h1-26,28-29,37-41,44,48,53-54H,27H2/t37-,40-,41+,44-,47+/m1/s1. The highest BCUT2D eigenvalue weighted by Gasteiger charge is 2.62. The van der Waals surface area contributed by atoms with Gasteiger partial charge in [0, 0.05) is 6.08 Å². The smallest absolute Gasteiger partial charge is 0.347 e. The molecule has 0 spiro atoms. The van der Waals surface area contributed by atoms with Crippen LogP contribution in [0.5, 0.6) is 0 Å². The second kappa shape index (κ2) is 16.7. The molecule has 14 heteroatoms. The summed E-state index contributed by atoms with van der Waals surface area (Å²) in [5.74, 6) is -2.37. The van der Waals surface area contributed by atoms with Crippen molar-refractivity contribution in [3.63, 3.8) is 0 Å². The van der Waals surface area contributed by atoms with Gasteiger partial charge < -0.3 is 34.0 Å². The molecule has 2 aromatic heterocycles. The van der Waals surface area contributed by atoms with Crippen LogP contribution < -0.4 is 10.3 Å². The molecular formula is C47H39N5O9. The molecule has 3 N–H and O–H groups in total. The summed E-state index contributed by atoms with van der Waals surface area (Å²) in [6, 6.07) is 45.4. The van der Waals surface area contributed by atoms with E-state index in [2.05, 4.69) is 9.97 Å². The zero-order chi connectivity index (χ0) is 41.9. The van der Waals surface area contributed by atoms with Crippen LogP contribution in [-0.2, 0) is 35.1 Å². The van der Waals surface area contributed by atoms with Gasteiger partial charge in [0.25, 0.3) is 0 Å². The fraction of sp³-hybridized carbons (Fsp3) is 0.170. The Hall–Kier alpha value is -7.39. The van der Waals surface area contributed by atoms with Crippen LogP contribution in [0.2, 0.25) is 0 Å². The number of rotatable bonds is 13. The van der Waals surface area contributed by atoms with Crippen molar-refractivity contribution in [2.24, 2.45) is 0 Å². The Morgan fingerprint density at radius 3 is 1.75 bits per heavy atom. The Morgan fingerprint density at radius 1 is 0.721 bits per heavy atom. The first-order valence-electron chi connectivity index (χ1n) is 19.5. The normalized spacial score (nSPS) is 19.9. The van der Waals surface area contributed by atoms with E-state index in [9.17, 15) is 19.8 Å². The van der Waals surface area contributed by atoms with Gasteiger partial charge in [0.05, 0.1) is 0 Å². The SMILES string of the molecule is N=c1c2ncn([C@@H]3OC4=C[C@@](C(=O)OC(c5ccccc5)c5ccccc5)([C@@H](O)C(=O)OC(c5ccccc5)c5ccccc5)O[C@H]4[C@H]3O)c2ncn1OCc1ccccc1. The number of carbonyl (C=O) groups is 2. The molecule has 2 aliphatic heterocycles. The van der Waals surface area contributed by atoms with Crippen molar-refractivity contribution in [1.29, 1.82) is 5.41 Å². The number of nitrogens with one attached hydrogen (secondary N) is 1. The number of hydrogen-bond donors (Lipinski definition) is 3. The average molecular weight is 818 g/mol. The van der Waals surface area contributed by atoms with Gasteiger partial charge >= 0.3 is 11.9 Å². The minimum absolute atomic E-state index is 0.0509. The van der Waals surface area contributed by atoms with Crippen molar-refractivity contribution in [3.05, 3.63) is 209 Å². The van der Waals surface area contributed by atoms with E-state index in [1.165, 1.54) is 22.0 Å². The van der Waals surface area contributed by atoms with Crippen molar-refractivity contribution in [1.82, 2.24) is 19.3 Å². The number of aromatic nitrogens is 4. The Morgan fingerprint density at radius 2 is 1.23 bits per heavy atom. The first-order chi connectivity index (χ1) is 29.8. The maximum Gasteiger partial charge on any atom is 0.347 e. The van der Waals surface area contributed by atoms with Crippen LogP contribution in [0.1, 0.15) is 46.3 Å². The molecule has 61 heavy (non-hydrogen) atoms. The Labute approximate surface area is 348 Å². The number of nitrogens with zero attached hydrogens (tertiary/aromatic N) is 4. The lowest BCUT2D eigenvalue weighted by Gasteiger charge is -2.33. The number of carbonyl (C=O) groups excluding carboxylic acids is 2. The molecule has 2 aliphatic rings. The van der Waals surface area contributed by atoms with Crippen LogP contribution in [0.15, 0.2) is 176 Å². The molecule has 4 heterocycles. The van der Waals surface area contributed by atoms with E-state index in [0.717, 1.165) is 11.6 Å². The van der Waals surface area contributed by atoms with Crippen molar-refractivity contribution >= 4 is 23.1 Å². The number of fused-ring (bicyclic) bond motifs is 2. The number of imidazole rings is 1. The summed E-state index contributed by atoms with van der Waals surface area (Å²) in [4.78, 5) is 43.7. The number of hydrogen-bond acceptors (Lipinski definition) is 12. The molecule has 5 aromatic carbocycles. The Balaban J connectivity index is 1.05. The molecule has 0 bridgehead atoms. The maximum atomic E-state index is 14.8. The van der Waals surface area contributed by atoms with Crippen molar-refractivity contribution < 1.29 is 43.6 Å². The molecule has 1 fully saturated rings. The highest BCUT2D eigenvalue weighted by Crippen LogP contribution is 2.46. The summed E-state index contributed by atoms with van der Waals surface area (Å²) >= 11 is 0. The minimum Gasteiger partial charge on any atom is -0.469 e. The number of benzene rings is 5. The lowest BCUT2D eigenvalue weighted by Crippen LogP contribution is -2.55. The molecule has 5 atom stereocenters. The molecule has 14 nitrogen and oxygen atoms in total. The molecule has 0 aliphatic carbocycles. The number of ether oxygens (including phenoxy) is 4. The lowest BCUT2D eigenvalue weighted by atomic mass is 9.95. The predicted octanol–water partition coefficient (Wildman–Crippen LogP) is 5.28. The van der Waals surface area contributed by atoms with Crippen molar-refractivity contribution in [3.8, 4) is 0 Å². The van der Waals surface area contributed by atoms with Gasteiger partial charge in [0.15, 0.2) is 35.0 Å². The third kappa shape index (κ3) is 7.55. The Kier molecular flexibility index (Phi) is 10.7. The van der Waals surface area contributed by atoms with E-state index in [0.29, 0.717) is 22.3 Å². The molecular weight excluding hydrogens is 779 g/mol. The second-order valence-corrected chi connectivity index (χ2v) is 14.5. The van der Waals surface area contributed by atoms with Crippen molar-refractivity contribution in [2.75, 3.05) is 0 Å². The third-order valence-corrected chi connectivity index (χ3v) is 10.6. The molecule has 0 radical (unpaired) electrons. The quantitative estimate of drug-likeness (QED) is 0.129. The zero-order valence-corrected chi connectivity index (χ0v) is 32.4. The van der Waals surface area contributed by atoms with Gasteiger partial charge in [-0.25, -0.2) is 19.6 Å². The van der Waals surface area contributed by atoms with E-state index >= 15 is 0 Å². The van der Waals surface area contributed by atoms with E-state index in [1.807, 2.05) is 54.6 Å². The molecule has 0 saturated carbocycles. The van der Waals surface area contributed by atoms with Crippen LogP contribution in [-0.4, -0.2) is 65.3 Å². The monoisotopic (exact) mass is 817 g/mol. The lowest BCUT2D eigenvalue weighted by molar-refractivity contribution is -0.201. The minimum atomic E-state index is -2.55. The molecule has 0 amide bonds. The van der Waals surface area contributed by atoms with Gasteiger partial charge in [-0.3, -0.25) is 9.98 Å². The molecule has 9 rings (SSSR count). The topological polar surface area (TPSA) is 180 Å². The van der Waals surface area contributed by atoms with Crippen LogP contribution >= 0.6 is 0 Å². The molecule has 0 unspecified atom stereocenters. The van der Waals surface area contributed by atoms with Gasteiger partial charge in [0.2, 0.25) is 11.8 Å². The van der Waals surface area contributed by atoms with Crippen LogP contribution in [0, 0.1) is 5.41 Å². The van der Waals surface area contributed by atoms with E-state index in [4.69, 9.17) is 29.2 Å². The fourth-order valence-electron chi connectivity index (χ4n) is 7.52. The number of esters is 2. The molecule has 1 saturated heterocycles. The Bertz CT molecular complexity index is 2650. The highest BCUT2D eigenvalue weighted by molar-refractivity contribution is 5.92. The van der Waals surface area contributed by atoms with Crippen molar-refractivity contribution in [2.45, 2.75) is 49.0 Å².